The highest BCUT2D eigenvalue weighted by molar-refractivity contribution is 7.85. The summed E-state index contributed by atoms with van der Waals surface area (Å²) in [5, 5.41) is 0. The first-order valence-electron chi connectivity index (χ1n) is 3.40. The van der Waals surface area contributed by atoms with Crippen molar-refractivity contribution in [1.82, 2.24) is 0 Å². The van der Waals surface area contributed by atoms with E-state index >= 15 is 0 Å². The summed E-state index contributed by atoms with van der Waals surface area (Å²) in [7, 11) is -4.17. The highest BCUT2D eigenvalue weighted by Crippen LogP contribution is 1.96. The number of carbonyl (C=O) groups excluding carboxylic acids is 1. The van der Waals surface area contributed by atoms with Crippen molar-refractivity contribution in [2.24, 2.45) is 0 Å². The van der Waals surface area contributed by atoms with Gasteiger partial charge >= 0.3 is 5.97 Å². The van der Waals surface area contributed by atoms with E-state index in [0.29, 0.717) is 0 Å². The fraction of sp³-hybridized carbons (Fsp3) is 0.571. The van der Waals surface area contributed by atoms with E-state index in [-0.39, 0.29) is 0 Å². The largest absolute Gasteiger partial charge is 0.448 e. The zero-order chi connectivity index (χ0) is 10.5. The van der Waals surface area contributed by atoms with Crippen LogP contribution in [0.5, 0.6) is 0 Å². The molecule has 1 N–H and O–H groups in total. The van der Waals surface area contributed by atoms with E-state index in [2.05, 4.69) is 16.6 Å². The predicted octanol–water partition coefficient (Wildman–Crippen LogP) is -0.171. The van der Waals surface area contributed by atoms with Gasteiger partial charge in [-0.3, -0.25) is 9.35 Å². The highest BCUT2D eigenvalue weighted by Gasteiger charge is 2.16. The van der Waals surface area contributed by atoms with Crippen LogP contribution >= 0.6 is 0 Å². The molecule has 74 valence electrons. The molecule has 0 aromatic rings. The molecule has 0 rings (SSSR count). The van der Waals surface area contributed by atoms with Gasteiger partial charge in [0.2, 0.25) is 0 Å². The molecule has 1 atom stereocenters. The minimum atomic E-state index is -4.17. The van der Waals surface area contributed by atoms with Crippen LogP contribution in [0.3, 0.4) is 0 Å². The number of hydrogen-bond donors (Lipinski definition) is 1. The van der Waals surface area contributed by atoms with Gasteiger partial charge in [0.05, 0.1) is 0 Å². The third-order valence-corrected chi connectivity index (χ3v) is 1.70. The van der Waals surface area contributed by atoms with Crippen molar-refractivity contribution in [2.45, 2.75) is 20.0 Å². The summed E-state index contributed by atoms with van der Waals surface area (Å²) in [5.41, 5.74) is 0. The fourth-order valence-electron chi connectivity index (χ4n) is 0.658. The molecule has 0 aromatic heterocycles. The molecule has 0 aliphatic carbocycles. The van der Waals surface area contributed by atoms with Crippen molar-refractivity contribution in [3.63, 3.8) is 0 Å². The summed E-state index contributed by atoms with van der Waals surface area (Å²) in [6, 6.07) is 0. The van der Waals surface area contributed by atoms with Crippen LogP contribution in [-0.2, 0) is 19.6 Å². The van der Waals surface area contributed by atoms with Crippen LogP contribution in [-0.4, -0.2) is 30.8 Å². The Balaban J connectivity index is 4.42. The van der Waals surface area contributed by atoms with Gasteiger partial charge in [0.15, 0.2) is 6.10 Å². The molecule has 0 fully saturated rings. The Bertz CT molecular complexity index is 332. The summed E-state index contributed by atoms with van der Waals surface area (Å²) < 4.78 is 33.7. The van der Waals surface area contributed by atoms with Gasteiger partial charge in [-0.2, -0.15) is 8.42 Å². The van der Waals surface area contributed by atoms with E-state index in [1.54, 1.807) is 0 Å². The summed E-state index contributed by atoms with van der Waals surface area (Å²) in [6.45, 7) is 2.61. The highest BCUT2D eigenvalue weighted by atomic mass is 32.2. The molecule has 0 heterocycles. The maximum atomic E-state index is 10.4. The maximum absolute atomic E-state index is 10.4. The molecule has 0 aliphatic rings. The fourth-order valence-corrected chi connectivity index (χ4v) is 1.19. The van der Waals surface area contributed by atoms with Crippen molar-refractivity contribution in [1.29, 1.82) is 0 Å². The molecule has 0 aliphatic heterocycles. The second-order valence-corrected chi connectivity index (χ2v) is 3.74. The Hall–Kier alpha value is -1.06. The second kappa shape index (κ2) is 4.84. The van der Waals surface area contributed by atoms with Crippen molar-refractivity contribution >= 4 is 16.1 Å². The lowest BCUT2D eigenvalue weighted by Crippen LogP contribution is -2.24. The minimum Gasteiger partial charge on any atom is -0.448 e. The molecule has 6 heteroatoms. The third-order valence-electron chi connectivity index (χ3n) is 0.976. The molecule has 0 spiro atoms. The molecule has 13 heavy (non-hydrogen) atoms. The quantitative estimate of drug-likeness (QED) is 0.394. The molecule has 0 amide bonds. The van der Waals surface area contributed by atoms with Crippen LogP contribution in [0.1, 0.15) is 13.8 Å². The van der Waals surface area contributed by atoms with Crippen LogP contribution in [0, 0.1) is 11.8 Å². The molecule has 0 saturated carbocycles. The summed E-state index contributed by atoms with van der Waals surface area (Å²) in [5.74, 6) is 3.39. The van der Waals surface area contributed by atoms with Crippen LogP contribution in [0.15, 0.2) is 0 Å². The third kappa shape index (κ3) is 7.31. The molecular formula is C7H10O5S. The summed E-state index contributed by atoms with van der Waals surface area (Å²) in [6.07, 6.45) is -1.10. The predicted molar refractivity (Wildman–Crippen MR) is 45.4 cm³/mol. The van der Waals surface area contributed by atoms with Crippen molar-refractivity contribution in [3.8, 4) is 11.8 Å². The summed E-state index contributed by atoms with van der Waals surface area (Å²) in [4.78, 5) is 10.4. The Labute approximate surface area is 76.8 Å². The van der Waals surface area contributed by atoms with Crippen LogP contribution in [0.2, 0.25) is 0 Å². The standard InChI is InChI=1S/C7H10O5S/c1-3-4-7(12-6(2)8)5-13(9,10)11/h7H,5H2,1-2H3,(H,9,10,11). The van der Waals surface area contributed by atoms with E-state index in [1.807, 2.05) is 0 Å². The minimum absolute atomic E-state index is 0.642. The zero-order valence-electron chi connectivity index (χ0n) is 7.27. The average Bonchev–Trinajstić information content (AvgIpc) is 1.81. The second-order valence-electron chi connectivity index (χ2n) is 2.24. The Morgan fingerprint density at radius 3 is 2.46 bits per heavy atom. The number of hydrogen-bond acceptors (Lipinski definition) is 4. The normalized spacial score (nSPS) is 12.5. The smallest absolute Gasteiger partial charge is 0.303 e. The van der Waals surface area contributed by atoms with Gasteiger partial charge in [0.25, 0.3) is 10.1 Å². The van der Waals surface area contributed by atoms with Gasteiger partial charge < -0.3 is 4.74 Å². The molecule has 0 aromatic carbocycles. The first-order chi connectivity index (χ1) is 5.85. The molecule has 5 nitrogen and oxygen atoms in total. The van der Waals surface area contributed by atoms with E-state index in [4.69, 9.17) is 4.55 Å². The lowest BCUT2D eigenvalue weighted by Gasteiger charge is -2.07. The van der Waals surface area contributed by atoms with E-state index < -0.39 is 27.9 Å². The van der Waals surface area contributed by atoms with E-state index in [1.165, 1.54) is 6.92 Å². The number of rotatable bonds is 3. The maximum Gasteiger partial charge on any atom is 0.303 e. The Kier molecular flexibility index (Phi) is 4.45. The van der Waals surface area contributed by atoms with E-state index in [9.17, 15) is 13.2 Å². The van der Waals surface area contributed by atoms with Crippen molar-refractivity contribution in [3.05, 3.63) is 0 Å². The van der Waals surface area contributed by atoms with Crippen LogP contribution < -0.4 is 0 Å². The van der Waals surface area contributed by atoms with Crippen molar-refractivity contribution in [2.75, 3.05) is 5.75 Å². The monoisotopic (exact) mass is 206 g/mol. The van der Waals surface area contributed by atoms with Gasteiger partial charge in [-0.15, -0.1) is 5.92 Å². The van der Waals surface area contributed by atoms with Gasteiger partial charge in [-0.05, 0) is 6.92 Å². The summed E-state index contributed by atoms with van der Waals surface area (Å²) >= 11 is 0. The molecule has 0 saturated heterocycles. The molecular weight excluding hydrogens is 196 g/mol. The number of esters is 1. The zero-order valence-corrected chi connectivity index (χ0v) is 8.09. The lowest BCUT2D eigenvalue weighted by molar-refractivity contribution is -0.142. The SMILES string of the molecule is CC#CC(CS(=O)(=O)O)OC(C)=O. The van der Waals surface area contributed by atoms with Crippen molar-refractivity contribution < 1.29 is 22.5 Å². The van der Waals surface area contributed by atoms with Gasteiger partial charge in [0, 0.05) is 6.92 Å². The topological polar surface area (TPSA) is 80.7 Å². The Morgan fingerprint density at radius 2 is 2.15 bits per heavy atom. The lowest BCUT2D eigenvalue weighted by atomic mass is 10.4. The van der Waals surface area contributed by atoms with Gasteiger partial charge in [-0.25, -0.2) is 0 Å². The number of ether oxygens (including phenoxy) is 1. The Morgan fingerprint density at radius 1 is 1.62 bits per heavy atom. The van der Waals surface area contributed by atoms with E-state index in [0.717, 1.165) is 6.92 Å². The average molecular weight is 206 g/mol. The first kappa shape index (κ1) is 11.9. The number of carbonyl (C=O) groups is 1. The van der Waals surface area contributed by atoms with Crippen LogP contribution in [0.4, 0.5) is 0 Å². The molecule has 0 bridgehead atoms. The molecule has 0 radical (unpaired) electrons. The van der Waals surface area contributed by atoms with Gasteiger partial charge in [0.1, 0.15) is 5.75 Å². The molecule has 1 unspecified atom stereocenters. The van der Waals surface area contributed by atoms with Crippen LogP contribution in [0.25, 0.3) is 0 Å². The van der Waals surface area contributed by atoms with Gasteiger partial charge in [-0.1, -0.05) is 5.92 Å². The first-order valence-corrected chi connectivity index (χ1v) is 5.00.